The number of ether oxygens (including phenoxy) is 1. The molecule has 1 aromatic carbocycles. The highest BCUT2D eigenvalue weighted by molar-refractivity contribution is 6.47. The van der Waals surface area contributed by atoms with Gasteiger partial charge < -0.3 is 14.5 Å². The fourth-order valence-electron chi connectivity index (χ4n) is 5.37. The number of amides is 3. The number of carbonyl (C=O) groups excluding carboxylic acids is 3. The summed E-state index contributed by atoms with van der Waals surface area (Å²) >= 11 is 0. The monoisotopic (exact) mass is 504 g/mol. The van der Waals surface area contributed by atoms with E-state index in [2.05, 4.69) is 15.3 Å². The van der Waals surface area contributed by atoms with Crippen molar-refractivity contribution in [1.82, 2.24) is 19.6 Å². The minimum atomic E-state index is -0.527. The van der Waals surface area contributed by atoms with Gasteiger partial charge in [0.05, 0.1) is 40.7 Å². The second kappa shape index (κ2) is 8.41. The fourth-order valence-corrected chi connectivity index (χ4v) is 5.37. The minimum absolute atomic E-state index is 0.0916. The summed E-state index contributed by atoms with van der Waals surface area (Å²) in [5.74, 6) is -1.13. The Bertz CT molecular complexity index is 1710. The number of anilines is 1. The standard InChI is InChI=1S/C28H20N6O4/c35-26-22(20-16-30-21-7-1-2-10-33(20)21)23(27(36)31-26)24-18-6-3-5-17-15-19(34(25(17)18)11-8-29-24)28(37)32-9-4-13-38-14-12-32/h1-8,10-14,16,19H,9,15H2,(H,31,35,36). The molecule has 1 unspecified atom stereocenters. The molecule has 4 aliphatic heterocycles. The molecule has 1 N–H and O–H groups in total. The van der Waals surface area contributed by atoms with E-state index < -0.39 is 17.9 Å². The first kappa shape index (κ1) is 22.0. The van der Waals surface area contributed by atoms with Crippen LogP contribution in [0.3, 0.4) is 0 Å². The second-order valence-corrected chi connectivity index (χ2v) is 9.11. The van der Waals surface area contributed by atoms with E-state index in [1.165, 1.54) is 6.26 Å². The summed E-state index contributed by atoms with van der Waals surface area (Å²) < 4.78 is 6.95. The first-order valence-corrected chi connectivity index (χ1v) is 12.1. The van der Waals surface area contributed by atoms with Crippen molar-refractivity contribution in [3.63, 3.8) is 0 Å². The number of fused-ring (bicyclic) bond motifs is 1. The first-order chi connectivity index (χ1) is 18.6. The Morgan fingerprint density at radius 1 is 1.03 bits per heavy atom. The van der Waals surface area contributed by atoms with Gasteiger partial charge in [-0.3, -0.25) is 29.1 Å². The molecule has 0 radical (unpaired) electrons. The molecule has 0 spiro atoms. The summed E-state index contributed by atoms with van der Waals surface area (Å²) in [6.45, 7) is 0.395. The average molecular weight is 505 g/mol. The Hall–Kier alpha value is -5.25. The van der Waals surface area contributed by atoms with Crippen LogP contribution < -0.4 is 10.2 Å². The maximum Gasteiger partial charge on any atom is 0.261 e. The highest BCUT2D eigenvalue weighted by Gasteiger charge is 2.42. The zero-order valence-electron chi connectivity index (χ0n) is 19.9. The van der Waals surface area contributed by atoms with E-state index >= 15 is 0 Å². The number of hydrogen-bond donors (Lipinski definition) is 1. The lowest BCUT2D eigenvalue weighted by atomic mass is 9.94. The maximum absolute atomic E-state index is 13.5. The Morgan fingerprint density at radius 3 is 2.84 bits per heavy atom. The number of imidazole rings is 1. The first-order valence-electron chi connectivity index (χ1n) is 12.1. The molecule has 38 heavy (non-hydrogen) atoms. The number of nitrogens with zero attached hydrogens (tertiary/aromatic N) is 5. The average Bonchev–Trinajstić information content (AvgIpc) is 3.44. The second-order valence-electron chi connectivity index (χ2n) is 9.11. The van der Waals surface area contributed by atoms with Crippen LogP contribution in [0.15, 0.2) is 96.6 Å². The third-order valence-corrected chi connectivity index (χ3v) is 7.02. The number of para-hydroxylation sites is 1. The van der Waals surface area contributed by atoms with E-state index in [-0.39, 0.29) is 17.1 Å². The molecule has 10 heteroatoms. The number of aromatic nitrogens is 2. The summed E-state index contributed by atoms with van der Waals surface area (Å²) in [4.78, 5) is 52.4. The number of hydrogen-bond acceptors (Lipinski definition) is 7. The van der Waals surface area contributed by atoms with Gasteiger partial charge in [-0.15, -0.1) is 0 Å². The molecule has 0 saturated carbocycles. The molecule has 0 fully saturated rings. The van der Waals surface area contributed by atoms with Gasteiger partial charge >= 0.3 is 0 Å². The van der Waals surface area contributed by atoms with Crippen LogP contribution in [0.2, 0.25) is 0 Å². The highest BCUT2D eigenvalue weighted by Crippen LogP contribution is 2.40. The Kier molecular flexibility index (Phi) is 4.87. The van der Waals surface area contributed by atoms with E-state index in [0.717, 1.165) is 11.3 Å². The normalized spacial score (nSPS) is 19.9. The molecule has 0 aliphatic carbocycles. The third-order valence-electron chi connectivity index (χ3n) is 7.02. The van der Waals surface area contributed by atoms with E-state index in [1.54, 1.807) is 52.6 Å². The molecular weight excluding hydrogens is 484 g/mol. The van der Waals surface area contributed by atoms with Crippen molar-refractivity contribution < 1.29 is 19.1 Å². The summed E-state index contributed by atoms with van der Waals surface area (Å²) in [5.41, 5.74) is 4.31. The lowest BCUT2D eigenvalue weighted by molar-refractivity contribution is -0.129. The molecule has 3 aromatic rings. The van der Waals surface area contributed by atoms with Crippen LogP contribution >= 0.6 is 0 Å². The van der Waals surface area contributed by atoms with Crippen molar-refractivity contribution in [1.29, 1.82) is 0 Å². The molecule has 7 rings (SSSR count). The predicted octanol–water partition coefficient (Wildman–Crippen LogP) is 2.29. The minimum Gasteiger partial charge on any atom is -0.471 e. The Labute approximate surface area is 216 Å². The summed E-state index contributed by atoms with van der Waals surface area (Å²) in [5, 5.41) is 2.44. The molecule has 10 nitrogen and oxygen atoms in total. The molecule has 2 aromatic heterocycles. The number of aliphatic imine (C=N–C) groups is 1. The Balaban J connectivity index is 1.35. The summed E-state index contributed by atoms with van der Waals surface area (Å²) in [6, 6.07) is 10.7. The highest BCUT2D eigenvalue weighted by atomic mass is 16.5. The zero-order valence-corrected chi connectivity index (χ0v) is 19.9. The van der Waals surface area contributed by atoms with E-state index in [4.69, 9.17) is 4.74 Å². The van der Waals surface area contributed by atoms with Crippen LogP contribution in [0.5, 0.6) is 0 Å². The van der Waals surface area contributed by atoms with Crippen LogP contribution in [-0.4, -0.2) is 50.3 Å². The molecule has 4 aliphatic rings. The number of carbonyl (C=O) groups is 3. The van der Waals surface area contributed by atoms with Gasteiger partial charge in [0, 0.05) is 43.3 Å². The molecule has 0 bridgehead atoms. The van der Waals surface area contributed by atoms with Crippen LogP contribution in [0.25, 0.3) is 11.2 Å². The van der Waals surface area contributed by atoms with Gasteiger partial charge in [0.1, 0.15) is 18.0 Å². The van der Waals surface area contributed by atoms with Gasteiger partial charge in [-0.25, -0.2) is 4.98 Å². The van der Waals surface area contributed by atoms with Crippen LogP contribution in [0, 0.1) is 0 Å². The zero-order chi connectivity index (χ0) is 25.8. The van der Waals surface area contributed by atoms with Gasteiger partial charge in [-0.1, -0.05) is 24.3 Å². The van der Waals surface area contributed by atoms with Crippen molar-refractivity contribution in [2.45, 2.75) is 12.5 Å². The van der Waals surface area contributed by atoms with Gasteiger partial charge in [0.2, 0.25) is 5.91 Å². The number of pyridine rings is 1. The topological polar surface area (TPSA) is 109 Å². The van der Waals surface area contributed by atoms with Gasteiger partial charge in [0.25, 0.3) is 11.8 Å². The lowest BCUT2D eigenvalue weighted by Gasteiger charge is -2.27. The molecular formula is C28H20N6O4. The summed E-state index contributed by atoms with van der Waals surface area (Å²) in [6.07, 6.45) is 13.6. The van der Waals surface area contributed by atoms with E-state index in [0.29, 0.717) is 35.6 Å². The number of nitrogens with one attached hydrogen (secondary N) is 1. The quantitative estimate of drug-likeness (QED) is 0.549. The van der Waals surface area contributed by atoms with Crippen LogP contribution in [0.1, 0.15) is 16.8 Å². The molecule has 3 amide bonds. The third kappa shape index (κ3) is 3.23. The Morgan fingerprint density at radius 2 is 1.92 bits per heavy atom. The van der Waals surface area contributed by atoms with Gasteiger partial charge in [-0.05, 0) is 23.8 Å². The fraction of sp³-hybridized carbons (Fsp3) is 0.107. The number of rotatable bonds is 3. The SMILES string of the molecule is O=C1NC(=O)C(c2cnc3ccccn23)=C1C1=NC=CN2c3c(cccc31)CC2C(=O)N1C=COC=CC1. The molecule has 6 heterocycles. The van der Waals surface area contributed by atoms with Crippen molar-refractivity contribution in [2.24, 2.45) is 4.99 Å². The van der Waals surface area contributed by atoms with Crippen molar-refractivity contribution in [3.05, 3.63) is 108 Å². The van der Waals surface area contributed by atoms with Crippen LogP contribution in [-0.2, 0) is 25.5 Å². The lowest BCUT2D eigenvalue weighted by Crippen LogP contribution is -2.43. The predicted molar refractivity (Wildman–Crippen MR) is 138 cm³/mol. The van der Waals surface area contributed by atoms with Crippen molar-refractivity contribution >= 4 is 40.3 Å². The van der Waals surface area contributed by atoms with Crippen molar-refractivity contribution in [3.8, 4) is 0 Å². The molecule has 1 atom stereocenters. The van der Waals surface area contributed by atoms with Gasteiger partial charge in [0.15, 0.2) is 0 Å². The van der Waals surface area contributed by atoms with E-state index in [1.807, 2.05) is 41.3 Å². The maximum atomic E-state index is 13.5. The molecule has 186 valence electrons. The smallest absolute Gasteiger partial charge is 0.261 e. The van der Waals surface area contributed by atoms with Gasteiger partial charge in [-0.2, -0.15) is 0 Å². The largest absolute Gasteiger partial charge is 0.471 e. The molecule has 0 saturated heterocycles. The number of benzene rings is 1. The van der Waals surface area contributed by atoms with Crippen molar-refractivity contribution in [2.75, 3.05) is 11.4 Å². The summed E-state index contributed by atoms with van der Waals surface area (Å²) in [7, 11) is 0. The number of imide groups is 1. The van der Waals surface area contributed by atoms with E-state index in [9.17, 15) is 14.4 Å². The van der Waals surface area contributed by atoms with Crippen LogP contribution in [0.4, 0.5) is 5.69 Å².